The zero-order valence-corrected chi connectivity index (χ0v) is 15.6. The van der Waals surface area contributed by atoms with Crippen molar-refractivity contribution >= 4 is 20.9 Å². The van der Waals surface area contributed by atoms with Gasteiger partial charge in [0.25, 0.3) is 5.56 Å². The SMILES string of the molecule is COc1ccc(S(=O)(=O)NCc2cc3cccc(C)c3[nH]c2=O)c(C)c1. The lowest BCUT2D eigenvalue weighted by molar-refractivity contribution is 0.414. The summed E-state index contributed by atoms with van der Waals surface area (Å²) in [4.78, 5) is 15.3. The molecular weight excluding hydrogens is 352 g/mol. The molecule has 0 aliphatic carbocycles. The molecule has 3 aromatic rings. The van der Waals surface area contributed by atoms with E-state index >= 15 is 0 Å². The van der Waals surface area contributed by atoms with Crippen LogP contribution in [0.3, 0.4) is 0 Å². The predicted octanol–water partition coefficient (Wildman–Crippen LogP) is 2.63. The molecule has 6 nitrogen and oxygen atoms in total. The lowest BCUT2D eigenvalue weighted by Crippen LogP contribution is -2.27. The van der Waals surface area contributed by atoms with Gasteiger partial charge in [0.15, 0.2) is 0 Å². The minimum atomic E-state index is -3.75. The van der Waals surface area contributed by atoms with E-state index in [-0.39, 0.29) is 17.0 Å². The molecule has 0 saturated carbocycles. The first kappa shape index (κ1) is 18.2. The van der Waals surface area contributed by atoms with E-state index in [1.54, 1.807) is 25.1 Å². The van der Waals surface area contributed by atoms with E-state index in [9.17, 15) is 13.2 Å². The van der Waals surface area contributed by atoms with Crippen molar-refractivity contribution in [3.05, 3.63) is 69.5 Å². The molecule has 0 spiro atoms. The summed E-state index contributed by atoms with van der Waals surface area (Å²) in [5, 5.41) is 0.861. The van der Waals surface area contributed by atoms with Crippen LogP contribution in [0.4, 0.5) is 0 Å². The number of rotatable bonds is 5. The van der Waals surface area contributed by atoms with Crippen LogP contribution in [0.2, 0.25) is 0 Å². The molecule has 0 unspecified atom stereocenters. The molecule has 0 aliphatic rings. The number of nitrogens with one attached hydrogen (secondary N) is 2. The first-order chi connectivity index (χ1) is 12.3. The van der Waals surface area contributed by atoms with E-state index in [0.717, 1.165) is 16.5 Å². The summed E-state index contributed by atoms with van der Waals surface area (Å²) in [6.45, 7) is 3.52. The van der Waals surface area contributed by atoms with Crippen molar-refractivity contribution in [1.82, 2.24) is 9.71 Å². The van der Waals surface area contributed by atoms with Crippen molar-refractivity contribution in [3.8, 4) is 5.75 Å². The summed E-state index contributed by atoms with van der Waals surface area (Å²) in [6.07, 6.45) is 0. The number of ether oxygens (including phenoxy) is 1. The fourth-order valence-corrected chi connectivity index (χ4v) is 4.09. The van der Waals surface area contributed by atoms with Crippen molar-refractivity contribution in [3.63, 3.8) is 0 Å². The predicted molar refractivity (Wildman–Crippen MR) is 101 cm³/mol. The third-order valence-electron chi connectivity index (χ3n) is 4.29. The Bertz CT molecular complexity index is 1130. The van der Waals surface area contributed by atoms with Gasteiger partial charge in [-0.1, -0.05) is 18.2 Å². The molecule has 2 aromatic carbocycles. The first-order valence-corrected chi connectivity index (χ1v) is 9.56. The standard InChI is InChI=1S/C19H20N2O4S/c1-12-5-4-6-14-10-15(19(22)21-18(12)14)11-20-26(23,24)17-8-7-16(25-3)9-13(17)2/h4-10,20H,11H2,1-3H3,(H,21,22). The number of benzene rings is 2. The summed E-state index contributed by atoms with van der Waals surface area (Å²) in [7, 11) is -2.23. The molecule has 0 aliphatic heterocycles. The number of aromatic amines is 1. The Morgan fingerprint density at radius 2 is 1.85 bits per heavy atom. The highest BCUT2D eigenvalue weighted by molar-refractivity contribution is 7.89. The molecule has 0 amide bonds. The molecular formula is C19H20N2O4S. The third-order valence-corrected chi connectivity index (χ3v) is 5.85. The van der Waals surface area contributed by atoms with E-state index in [1.165, 1.54) is 13.2 Å². The quantitative estimate of drug-likeness (QED) is 0.721. The van der Waals surface area contributed by atoms with Crippen LogP contribution in [0.1, 0.15) is 16.7 Å². The largest absolute Gasteiger partial charge is 0.497 e. The summed E-state index contributed by atoms with van der Waals surface area (Å²) < 4.78 is 32.8. The van der Waals surface area contributed by atoms with Crippen molar-refractivity contribution in [2.45, 2.75) is 25.3 Å². The Labute approximate surface area is 151 Å². The minimum Gasteiger partial charge on any atom is -0.497 e. The molecule has 0 atom stereocenters. The maximum atomic E-state index is 12.6. The van der Waals surface area contributed by atoms with Crippen LogP contribution in [-0.2, 0) is 16.6 Å². The summed E-state index contributed by atoms with van der Waals surface area (Å²) in [6, 6.07) is 12.1. The number of hydrogen-bond acceptors (Lipinski definition) is 4. The number of aryl methyl sites for hydroxylation is 2. The van der Waals surface area contributed by atoms with Crippen LogP contribution < -0.4 is 15.0 Å². The van der Waals surface area contributed by atoms with Crippen LogP contribution in [0.25, 0.3) is 10.9 Å². The Kier molecular flexibility index (Phi) is 4.84. The van der Waals surface area contributed by atoms with Crippen molar-refractivity contribution < 1.29 is 13.2 Å². The van der Waals surface area contributed by atoms with Gasteiger partial charge >= 0.3 is 0 Å². The van der Waals surface area contributed by atoms with Crippen LogP contribution in [0.15, 0.2) is 52.2 Å². The van der Waals surface area contributed by atoms with Gasteiger partial charge in [-0.05, 0) is 54.6 Å². The summed E-state index contributed by atoms with van der Waals surface area (Å²) in [5.74, 6) is 0.586. The molecule has 0 radical (unpaired) electrons. The van der Waals surface area contributed by atoms with Gasteiger partial charge in [-0.3, -0.25) is 4.79 Å². The Morgan fingerprint density at radius 3 is 2.54 bits per heavy atom. The maximum Gasteiger partial charge on any atom is 0.252 e. The molecule has 0 bridgehead atoms. The average Bonchev–Trinajstić information content (AvgIpc) is 2.60. The van der Waals surface area contributed by atoms with Crippen LogP contribution >= 0.6 is 0 Å². The van der Waals surface area contributed by atoms with E-state index in [4.69, 9.17) is 4.74 Å². The normalized spacial score (nSPS) is 11.7. The van der Waals surface area contributed by atoms with E-state index < -0.39 is 10.0 Å². The maximum absolute atomic E-state index is 12.6. The molecule has 7 heteroatoms. The first-order valence-electron chi connectivity index (χ1n) is 8.07. The fraction of sp³-hybridized carbons (Fsp3) is 0.211. The number of H-pyrrole nitrogens is 1. The number of hydrogen-bond donors (Lipinski definition) is 2. The van der Waals surface area contributed by atoms with Gasteiger partial charge in [-0.25, -0.2) is 13.1 Å². The number of methoxy groups -OCH3 is 1. The van der Waals surface area contributed by atoms with Gasteiger partial charge in [0.2, 0.25) is 10.0 Å². The molecule has 0 fully saturated rings. The number of para-hydroxylation sites is 1. The van der Waals surface area contributed by atoms with E-state index in [2.05, 4.69) is 9.71 Å². The Hall–Kier alpha value is -2.64. The second kappa shape index (κ2) is 6.93. The highest BCUT2D eigenvalue weighted by atomic mass is 32.2. The van der Waals surface area contributed by atoms with Crippen LogP contribution in [0, 0.1) is 13.8 Å². The molecule has 1 aromatic heterocycles. The van der Waals surface area contributed by atoms with Gasteiger partial charge in [0.05, 0.1) is 17.5 Å². The molecule has 3 rings (SSSR count). The van der Waals surface area contributed by atoms with Gasteiger partial charge in [-0.2, -0.15) is 0 Å². The molecule has 0 saturated heterocycles. The van der Waals surface area contributed by atoms with E-state index in [0.29, 0.717) is 16.9 Å². The zero-order chi connectivity index (χ0) is 18.9. The van der Waals surface area contributed by atoms with Gasteiger partial charge in [-0.15, -0.1) is 0 Å². The number of pyridine rings is 1. The second-order valence-electron chi connectivity index (χ2n) is 6.12. The Morgan fingerprint density at radius 1 is 1.08 bits per heavy atom. The molecule has 136 valence electrons. The second-order valence-corrected chi connectivity index (χ2v) is 7.85. The van der Waals surface area contributed by atoms with Gasteiger partial charge in [0.1, 0.15) is 5.75 Å². The zero-order valence-electron chi connectivity index (χ0n) is 14.8. The fourth-order valence-electron chi connectivity index (χ4n) is 2.86. The van der Waals surface area contributed by atoms with Crippen molar-refractivity contribution in [1.29, 1.82) is 0 Å². The van der Waals surface area contributed by atoms with Gasteiger partial charge < -0.3 is 9.72 Å². The van der Waals surface area contributed by atoms with Crippen molar-refractivity contribution in [2.75, 3.05) is 7.11 Å². The number of aromatic nitrogens is 1. The summed E-state index contributed by atoms with van der Waals surface area (Å²) in [5.41, 5.74) is 2.34. The summed E-state index contributed by atoms with van der Waals surface area (Å²) >= 11 is 0. The highest BCUT2D eigenvalue weighted by Crippen LogP contribution is 2.21. The van der Waals surface area contributed by atoms with E-state index in [1.807, 2.05) is 25.1 Å². The average molecular weight is 372 g/mol. The highest BCUT2D eigenvalue weighted by Gasteiger charge is 2.18. The number of sulfonamides is 1. The van der Waals surface area contributed by atoms with Crippen molar-refractivity contribution in [2.24, 2.45) is 0 Å². The number of fused-ring (bicyclic) bond motifs is 1. The Balaban J connectivity index is 1.89. The smallest absolute Gasteiger partial charge is 0.252 e. The minimum absolute atomic E-state index is 0.0903. The van der Waals surface area contributed by atoms with Gasteiger partial charge in [0, 0.05) is 12.1 Å². The lowest BCUT2D eigenvalue weighted by Gasteiger charge is -2.11. The lowest BCUT2D eigenvalue weighted by atomic mass is 10.1. The topological polar surface area (TPSA) is 88.3 Å². The molecule has 1 heterocycles. The molecule has 2 N–H and O–H groups in total. The molecule has 26 heavy (non-hydrogen) atoms. The van der Waals surface area contributed by atoms with Crippen LogP contribution in [0.5, 0.6) is 5.75 Å². The third kappa shape index (κ3) is 3.49. The van der Waals surface area contributed by atoms with Crippen LogP contribution in [-0.4, -0.2) is 20.5 Å². The monoisotopic (exact) mass is 372 g/mol.